The number of aryl methyl sites for hydroxylation is 1. The van der Waals surface area contributed by atoms with Crippen molar-refractivity contribution in [2.75, 3.05) is 6.54 Å². The minimum atomic E-state index is -0.645. The van der Waals surface area contributed by atoms with E-state index in [1.165, 1.54) is 4.90 Å². The first-order chi connectivity index (χ1) is 12.0. The highest BCUT2D eigenvalue weighted by Crippen LogP contribution is 2.39. The second-order valence-corrected chi connectivity index (χ2v) is 6.14. The number of carbonyl (C=O) groups is 2. The van der Waals surface area contributed by atoms with Gasteiger partial charge in [0.05, 0.1) is 11.6 Å². The molecule has 1 aromatic heterocycles. The second kappa shape index (κ2) is 6.89. The summed E-state index contributed by atoms with van der Waals surface area (Å²) in [6.07, 6.45) is 3.96. The number of Topliss-reactive ketones (excluding diaryl/α,β-unsaturated/α-hetero) is 1. The Morgan fingerprint density at radius 3 is 2.36 bits per heavy atom. The van der Waals surface area contributed by atoms with Gasteiger partial charge in [0.15, 0.2) is 0 Å². The second-order valence-electron chi connectivity index (χ2n) is 6.14. The summed E-state index contributed by atoms with van der Waals surface area (Å²) in [4.78, 5) is 30.6. The summed E-state index contributed by atoms with van der Waals surface area (Å²) in [6.45, 7) is 4.34. The Morgan fingerprint density at radius 2 is 1.76 bits per heavy atom. The fourth-order valence-electron chi connectivity index (χ4n) is 3.11. The van der Waals surface area contributed by atoms with Gasteiger partial charge < -0.3 is 10.0 Å². The zero-order valence-corrected chi connectivity index (χ0v) is 14.3. The summed E-state index contributed by atoms with van der Waals surface area (Å²) in [6, 6.07) is 10.2. The molecule has 1 saturated heterocycles. The first kappa shape index (κ1) is 16.9. The molecule has 0 aliphatic carbocycles. The van der Waals surface area contributed by atoms with Crippen molar-refractivity contribution < 1.29 is 14.7 Å². The van der Waals surface area contributed by atoms with Crippen molar-refractivity contribution in [1.82, 2.24) is 9.88 Å². The number of pyridine rings is 1. The van der Waals surface area contributed by atoms with Crippen LogP contribution in [0.1, 0.15) is 36.1 Å². The number of aromatic nitrogens is 1. The molecule has 5 heteroatoms. The van der Waals surface area contributed by atoms with E-state index in [1.807, 2.05) is 26.0 Å². The average molecular weight is 336 g/mol. The number of hydrogen-bond donors (Lipinski definition) is 1. The highest BCUT2D eigenvalue weighted by Gasteiger charge is 2.45. The molecule has 0 saturated carbocycles. The fourth-order valence-corrected chi connectivity index (χ4v) is 3.11. The number of amides is 1. The summed E-state index contributed by atoms with van der Waals surface area (Å²) in [7, 11) is 0. The monoisotopic (exact) mass is 336 g/mol. The molecule has 25 heavy (non-hydrogen) atoms. The largest absolute Gasteiger partial charge is 0.507 e. The van der Waals surface area contributed by atoms with Crippen molar-refractivity contribution in [3.8, 4) is 0 Å². The Labute approximate surface area is 146 Å². The molecule has 0 spiro atoms. The van der Waals surface area contributed by atoms with E-state index >= 15 is 0 Å². The standard InChI is InChI=1S/C20H20N2O3/c1-3-12-22-17(14-8-10-21-11-9-14)16(19(24)20(22)25)18(23)15-6-4-13(2)5-7-15/h4-11,17,23H,3,12H2,1-2H3/b18-16-. The van der Waals surface area contributed by atoms with E-state index in [0.29, 0.717) is 12.1 Å². The van der Waals surface area contributed by atoms with Crippen LogP contribution < -0.4 is 0 Å². The maximum absolute atomic E-state index is 12.6. The number of ketones is 1. The quantitative estimate of drug-likeness (QED) is 0.529. The molecule has 1 aromatic carbocycles. The molecule has 1 aliphatic heterocycles. The number of aliphatic hydroxyl groups is 1. The highest BCUT2D eigenvalue weighted by atomic mass is 16.3. The molecule has 1 unspecified atom stereocenters. The Kier molecular flexibility index (Phi) is 4.65. The molecule has 3 rings (SSSR count). The summed E-state index contributed by atoms with van der Waals surface area (Å²) in [5.41, 5.74) is 2.47. The minimum Gasteiger partial charge on any atom is -0.507 e. The van der Waals surface area contributed by atoms with E-state index < -0.39 is 17.7 Å². The minimum absolute atomic E-state index is 0.133. The highest BCUT2D eigenvalue weighted by molar-refractivity contribution is 6.46. The summed E-state index contributed by atoms with van der Waals surface area (Å²) in [5.74, 6) is -1.36. The third kappa shape index (κ3) is 3.05. The first-order valence-electron chi connectivity index (χ1n) is 8.30. The molecular weight excluding hydrogens is 316 g/mol. The fraction of sp³-hybridized carbons (Fsp3) is 0.250. The predicted octanol–water partition coefficient (Wildman–Crippen LogP) is 3.22. The maximum Gasteiger partial charge on any atom is 0.295 e. The molecular formula is C20H20N2O3. The lowest BCUT2D eigenvalue weighted by Gasteiger charge is -2.24. The molecule has 1 fully saturated rings. The summed E-state index contributed by atoms with van der Waals surface area (Å²) in [5, 5.41) is 10.8. The predicted molar refractivity (Wildman–Crippen MR) is 94.7 cm³/mol. The van der Waals surface area contributed by atoms with Gasteiger partial charge in [-0.2, -0.15) is 0 Å². The lowest BCUT2D eigenvalue weighted by Crippen LogP contribution is -2.30. The molecule has 1 aliphatic rings. The van der Waals surface area contributed by atoms with Crippen LogP contribution >= 0.6 is 0 Å². The van der Waals surface area contributed by atoms with Crippen molar-refractivity contribution in [2.45, 2.75) is 26.3 Å². The Hall–Kier alpha value is -2.95. The third-order valence-electron chi connectivity index (χ3n) is 4.35. The van der Waals surface area contributed by atoms with Gasteiger partial charge in [-0.3, -0.25) is 14.6 Å². The van der Waals surface area contributed by atoms with Gasteiger partial charge in [0.25, 0.3) is 11.7 Å². The number of nitrogens with zero attached hydrogens (tertiary/aromatic N) is 2. The van der Waals surface area contributed by atoms with Crippen molar-refractivity contribution >= 4 is 17.4 Å². The van der Waals surface area contributed by atoms with Gasteiger partial charge in [-0.1, -0.05) is 36.8 Å². The van der Waals surface area contributed by atoms with Gasteiger partial charge in [0.1, 0.15) is 5.76 Å². The van der Waals surface area contributed by atoms with E-state index in [9.17, 15) is 14.7 Å². The summed E-state index contributed by atoms with van der Waals surface area (Å²) >= 11 is 0. The van der Waals surface area contributed by atoms with Crippen LogP contribution in [-0.4, -0.2) is 33.2 Å². The van der Waals surface area contributed by atoms with Gasteiger partial charge in [0.2, 0.25) is 0 Å². The number of benzene rings is 1. The Morgan fingerprint density at radius 1 is 1.12 bits per heavy atom. The van der Waals surface area contributed by atoms with Crippen molar-refractivity contribution in [3.05, 3.63) is 71.1 Å². The van der Waals surface area contributed by atoms with Crippen LogP contribution in [0, 0.1) is 6.92 Å². The molecule has 5 nitrogen and oxygen atoms in total. The van der Waals surface area contributed by atoms with Crippen molar-refractivity contribution in [1.29, 1.82) is 0 Å². The van der Waals surface area contributed by atoms with Gasteiger partial charge in [-0.25, -0.2) is 0 Å². The topological polar surface area (TPSA) is 70.5 Å². The average Bonchev–Trinajstić information content (AvgIpc) is 2.88. The number of likely N-dealkylation sites (tertiary alicyclic amines) is 1. The van der Waals surface area contributed by atoms with Gasteiger partial charge in [-0.15, -0.1) is 0 Å². The SMILES string of the molecule is CCCN1C(=O)C(=O)/C(=C(\O)c2ccc(C)cc2)C1c1ccncc1. The van der Waals surface area contributed by atoms with E-state index in [4.69, 9.17) is 0 Å². The molecule has 1 atom stereocenters. The number of aliphatic hydroxyl groups excluding tert-OH is 1. The molecule has 1 amide bonds. The van der Waals surface area contributed by atoms with Gasteiger partial charge in [0, 0.05) is 24.5 Å². The van der Waals surface area contributed by atoms with Gasteiger partial charge in [-0.05, 0) is 31.0 Å². The molecule has 2 heterocycles. The van der Waals surface area contributed by atoms with Crippen LogP contribution in [0.4, 0.5) is 0 Å². The maximum atomic E-state index is 12.6. The lowest BCUT2D eigenvalue weighted by molar-refractivity contribution is -0.139. The van der Waals surface area contributed by atoms with E-state index in [0.717, 1.165) is 17.5 Å². The van der Waals surface area contributed by atoms with Crippen molar-refractivity contribution in [2.24, 2.45) is 0 Å². The Balaban J connectivity index is 2.17. The third-order valence-corrected chi connectivity index (χ3v) is 4.35. The molecule has 0 radical (unpaired) electrons. The lowest BCUT2D eigenvalue weighted by atomic mass is 9.95. The normalized spacial score (nSPS) is 19.4. The van der Waals surface area contributed by atoms with E-state index in [2.05, 4.69) is 4.98 Å². The smallest absolute Gasteiger partial charge is 0.295 e. The number of carbonyl (C=O) groups excluding carboxylic acids is 2. The molecule has 0 bridgehead atoms. The van der Waals surface area contributed by atoms with Gasteiger partial charge >= 0.3 is 0 Å². The molecule has 2 aromatic rings. The van der Waals surface area contributed by atoms with E-state index in [1.54, 1.807) is 36.7 Å². The zero-order valence-electron chi connectivity index (χ0n) is 14.3. The van der Waals surface area contributed by atoms with Crippen molar-refractivity contribution in [3.63, 3.8) is 0 Å². The Bertz CT molecular complexity index is 826. The molecule has 1 N–H and O–H groups in total. The van der Waals surface area contributed by atoms with Crippen LogP contribution in [0.15, 0.2) is 54.4 Å². The number of hydrogen-bond acceptors (Lipinski definition) is 4. The van der Waals surface area contributed by atoms with Crippen LogP contribution in [0.5, 0.6) is 0 Å². The summed E-state index contributed by atoms with van der Waals surface area (Å²) < 4.78 is 0. The van der Waals surface area contributed by atoms with Crippen LogP contribution in [0.25, 0.3) is 5.76 Å². The zero-order chi connectivity index (χ0) is 18.0. The number of rotatable bonds is 4. The first-order valence-corrected chi connectivity index (χ1v) is 8.30. The van der Waals surface area contributed by atoms with E-state index in [-0.39, 0.29) is 11.3 Å². The van der Waals surface area contributed by atoms with Crippen LogP contribution in [0.3, 0.4) is 0 Å². The van der Waals surface area contributed by atoms with Crippen LogP contribution in [-0.2, 0) is 9.59 Å². The molecule has 128 valence electrons. The van der Waals surface area contributed by atoms with Crippen LogP contribution in [0.2, 0.25) is 0 Å².